The Morgan fingerprint density at radius 3 is 0.971 bits per heavy atom. The summed E-state index contributed by atoms with van der Waals surface area (Å²) in [6.07, 6.45) is 17.4. The van der Waals surface area contributed by atoms with Gasteiger partial charge < -0.3 is 66.5 Å². The molecule has 0 bridgehead atoms. The van der Waals surface area contributed by atoms with Crippen molar-refractivity contribution in [1.82, 2.24) is 4.90 Å². The molecular formula is C55H93NO14. The van der Waals surface area contributed by atoms with E-state index in [0.717, 1.165) is 13.0 Å². The Hall–Kier alpha value is -2.77. The summed E-state index contributed by atoms with van der Waals surface area (Å²) in [6.45, 7) is 15.4. The van der Waals surface area contributed by atoms with E-state index in [4.69, 9.17) is 61.6 Å². The second kappa shape index (κ2) is 46.0. The smallest absolute Gasteiger partial charge is 0.409 e. The van der Waals surface area contributed by atoms with E-state index < -0.39 is 0 Å². The van der Waals surface area contributed by atoms with Gasteiger partial charge in [-0.3, -0.25) is 0 Å². The fraction of sp³-hybridized carbons (Fsp3) is 0.764. The first-order chi connectivity index (χ1) is 34.7. The van der Waals surface area contributed by atoms with Crippen LogP contribution in [0.25, 0.3) is 11.1 Å². The molecule has 402 valence electrons. The highest BCUT2D eigenvalue weighted by molar-refractivity contribution is 5.79. The minimum Gasteiger partial charge on any atom is -0.448 e. The Bertz CT molecular complexity index is 1430. The number of rotatable bonds is 52. The summed E-state index contributed by atoms with van der Waals surface area (Å²) in [5.74, 6) is 0.0367. The van der Waals surface area contributed by atoms with Crippen LogP contribution in [0.15, 0.2) is 48.5 Å². The lowest BCUT2D eigenvalue weighted by Crippen LogP contribution is -2.32. The summed E-state index contributed by atoms with van der Waals surface area (Å²) >= 11 is 0. The van der Waals surface area contributed by atoms with Crippen LogP contribution in [0, 0.1) is 0 Å². The lowest BCUT2D eigenvalue weighted by molar-refractivity contribution is -0.0284. The fourth-order valence-corrected chi connectivity index (χ4v) is 7.74. The van der Waals surface area contributed by atoms with Crippen molar-refractivity contribution < 1.29 is 66.4 Å². The third-order valence-corrected chi connectivity index (χ3v) is 11.7. The number of fused-ring (bicyclic) bond motifs is 3. The average Bonchev–Trinajstić information content (AvgIpc) is 3.70. The highest BCUT2D eigenvalue weighted by Crippen LogP contribution is 2.44. The standard InChI is InChI=1S/C55H93NO14/c1-3-4-5-6-7-8-9-10-11-12-13-14-19-25-58-27-29-60-31-33-62-35-37-64-39-41-66-43-45-68-47-48-69-46-44-67-42-40-65-38-36-63-34-32-61-30-28-59-26-24-56(2)55(57)70-49-54-52-22-17-15-20-50(52)51-21-16-18-23-53(51)54/h15-18,20-23,54H,3-14,19,24-49H2,1-2H3. The largest absolute Gasteiger partial charge is 0.448 e. The highest BCUT2D eigenvalue weighted by Gasteiger charge is 2.29. The van der Waals surface area contributed by atoms with Gasteiger partial charge in [0.15, 0.2) is 0 Å². The molecule has 0 spiro atoms. The minimum atomic E-state index is -0.364. The Morgan fingerprint density at radius 2 is 0.643 bits per heavy atom. The predicted octanol–water partition coefficient (Wildman–Crippen LogP) is 9.16. The van der Waals surface area contributed by atoms with Gasteiger partial charge in [-0.25, -0.2) is 4.79 Å². The second-order valence-corrected chi connectivity index (χ2v) is 17.3. The van der Waals surface area contributed by atoms with Gasteiger partial charge in [0.25, 0.3) is 0 Å². The second-order valence-electron chi connectivity index (χ2n) is 17.3. The molecule has 0 N–H and O–H groups in total. The normalized spacial score (nSPS) is 12.2. The van der Waals surface area contributed by atoms with Crippen molar-refractivity contribution >= 4 is 6.09 Å². The van der Waals surface area contributed by atoms with E-state index in [1.165, 1.54) is 104 Å². The lowest BCUT2D eigenvalue weighted by atomic mass is 9.98. The van der Waals surface area contributed by atoms with Crippen molar-refractivity contribution in [3.8, 4) is 11.1 Å². The quantitative estimate of drug-likeness (QED) is 0.0582. The van der Waals surface area contributed by atoms with Crippen LogP contribution in [0.3, 0.4) is 0 Å². The summed E-state index contributed by atoms with van der Waals surface area (Å²) in [5, 5.41) is 0. The number of hydrogen-bond donors (Lipinski definition) is 0. The zero-order chi connectivity index (χ0) is 49.5. The summed E-state index contributed by atoms with van der Waals surface area (Å²) in [6, 6.07) is 16.6. The number of nitrogens with zero attached hydrogens (tertiary/aromatic N) is 1. The van der Waals surface area contributed by atoms with E-state index in [2.05, 4.69) is 31.2 Å². The van der Waals surface area contributed by atoms with E-state index in [1.807, 2.05) is 24.3 Å². The maximum absolute atomic E-state index is 12.6. The monoisotopic (exact) mass is 992 g/mol. The van der Waals surface area contributed by atoms with Crippen molar-refractivity contribution in [2.24, 2.45) is 0 Å². The Labute approximate surface area is 422 Å². The molecule has 0 saturated carbocycles. The summed E-state index contributed by atoms with van der Waals surface area (Å²) in [4.78, 5) is 14.2. The lowest BCUT2D eigenvalue weighted by Gasteiger charge is -2.19. The van der Waals surface area contributed by atoms with Crippen LogP contribution in [-0.2, 0) is 61.6 Å². The van der Waals surface area contributed by atoms with Crippen LogP contribution < -0.4 is 0 Å². The van der Waals surface area contributed by atoms with Crippen molar-refractivity contribution in [1.29, 1.82) is 0 Å². The van der Waals surface area contributed by atoms with E-state index in [0.29, 0.717) is 165 Å². The maximum atomic E-state index is 12.6. The SMILES string of the molecule is CCCCCCCCCCCCCCCOCCOCCOCCOCCOCCOCCOCCOCCOCCOCCOCCOCCN(C)C(=O)OCC1c2ccccc2-c2ccccc21. The topological polar surface area (TPSA) is 140 Å². The summed E-state index contributed by atoms with van der Waals surface area (Å²) < 4.78 is 72.5. The number of likely N-dealkylation sites (N-methyl/N-ethyl adjacent to an activating group) is 1. The van der Waals surface area contributed by atoms with E-state index in [-0.39, 0.29) is 12.0 Å². The fourth-order valence-electron chi connectivity index (χ4n) is 7.74. The van der Waals surface area contributed by atoms with Crippen molar-refractivity contribution in [3.05, 3.63) is 59.7 Å². The van der Waals surface area contributed by atoms with Crippen LogP contribution in [0.1, 0.15) is 107 Å². The molecule has 0 aliphatic heterocycles. The van der Waals surface area contributed by atoms with Gasteiger partial charge in [0.1, 0.15) is 6.61 Å². The number of carbonyl (C=O) groups is 1. The van der Waals surface area contributed by atoms with Crippen LogP contribution in [0.4, 0.5) is 4.79 Å². The molecule has 0 fully saturated rings. The van der Waals surface area contributed by atoms with Crippen molar-refractivity contribution in [2.45, 2.75) is 96.3 Å². The molecule has 0 heterocycles. The van der Waals surface area contributed by atoms with E-state index >= 15 is 0 Å². The molecule has 15 nitrogen and oxygen atoms in total. The van der Waals surface area contributed by atoms with Crippen LogP contribution in [-0.4, -0.2) is 190 Å². The molecule has 2 aromatic rings. The van der Waals surface area contributed by atoms with Gasteiger partial charge in [0.2, 0.25) is 0 Å². The Balaban J connectivity index is 0.902. The van der Waals surface area contributed by atoms with Crippen LogP contribution in [0.5, 0.6) is 0 Å². The first-order valence-corrected chi connectivity index (χ1v) is 26.7. The number of carbonyl (C=O) groups excluding carboxylic acids is 1. The number of benzene rings is 2. The first-order valence-electron chi connectivity index (χ1n) is 26.7. The molecule has 0 atom stereocenters. The average molecular weight is 992 g/mol. The number of amides is 1. The molecule has 0 aromatic heterocycles. The van der Waals surface area contributed by atoms with Gasteiger partial charge in [-0.15, -0.1) is 0 Å². The summed E-state index contributed by atoms with van der Waals surface area (Å²) in [5.41, 5.74) is 4.80. The van der Waals surface area contributed by atoms with Gasteiger partial charge in [-0.05, 0) is 28.7 Å². The third-order valence-electron chi connectivity index (χ3n) is 11.7. The molecular weight excluding hydrogens is 899 g/mol. The van der Waals surface area contributed by atoms with E-state index in [9.17, 15) is 4.79 Å². The molecule has 70 heavy (non-hydrogen) atoms. The zero-order valence-electron chi connectivity index (χ0n) is 43.4. The van der Waals surface area contributed by atoms with Gasteiger partial charge in [0.05, 0.1) is 152 Å². The third kappa shape index (κ3) is 32.3. The van der Waals surface area contributed by atoms with Crippen LogP contribution >= 0.6 is 0 Å². The van der Waals surface area contributed by atoms with Crippen molar-refractivity contribution in [3.63, 3.8) is 0 Å². The van der Waals surface area contributed by atoms with Gasteiger partial charge in [-0.2, -0.15) is 0 Å². The zero-order valence-corrected chi connectivity index (χ0v) is 43.4. The molecule has 1 aliphatic rings. The molecule has 0 radical (unpaired) electrons. The number of unbranched alkanes of at least 4 members (excludes halogenated alkanes) is 12. The molecule has 0 saturated heterocycles. The number of hydrogen-bond acceptors (Lipinski definition) is 14. The molecule has 0 unspecified atom stereocenters. The molecule has 3 rings (SSSR count). The van der Waals surface area contributed by atoms with Gasteiger partial charge in [-0.1, -0.05) is 133 Å². The van der Waals surface area contributed by atoms with Gasteiger partial charge in [0, 0.05) is 26.1 Å². The molecule has 1 aliphatic carbocycles. The molecule has 2 aromatic carbocycles. The molecule has 1 amide bonds. The first kappa shape index (κ1) is 61.5. The van der Waals surface area contributed by atoms with Crippen molar-refractivity contribution in [2.75, 3.05) is 179 Å². The van der Waals surface area contributed by atoms with Gasteiger partial charge >= 0.3 is 6.09 Å². The number of ether oxygens (including phenoxy) is 13. The highest BCUT2D eigenvalue weighted by atomic mass is 16.6. The Morgan fingerprint density at radius 1 is 0.371 bits per heavy atom. The van der Waals surface area contributed by atoms with Crippen LogP contribution in [0.2, 0.25) is 0 Å². The minimum absolute atomic E-state index is 0.0367. The predicted molar refractivity (Wildman–Crippen MR) is 273 cm³/mol. The van der Waals surface area contributed by atoms with E-state index in [1.54, 1.807) is 7.05 Å². The summed E-state index contributed by atoms with van der Waals surface area (Å²) in [7, 11) is 1.72. The molecule has 15 heteroatoms. The Kier molecular flexibility index (Phi) is 40.5. The maximum Gasteiger partial charge on any atom is 0.409 e.